The molecule has 3 rings (SSSR count). The van der Waals surface area contributed by atoms with Gasteiger partial charge in [-0.3, -0.25) is 9.59 Å². The lowest BCUT2D eigenvalue weighted by Gasteiger charge is -2.33. The van der Waals surface area contributed by atoms with E-state index in [2.05, 4.69) is 17.5 Å². The van der Waals surface area contributed by atoms with Crippen molar-refractivity contribution in [3.8, 4) is 0 Å². The number of aliphatic carboxylic acids is 1. The SMILES string of the molecule is O=C(CC1C=CCC1)Nc1cccc(C(=O)N2CCCCC2C(=O)O)c1. The summed E-state index contributed by atoms with van der Waals surface area (Å²) in [5.41, 5.74) is 0.962. The van der Waals surface area contributed by atoms with Crippen molar-refractivity contribution in [2.75, 3.05) is 11.9 Å². The third-order valence-electron chi connectivity index (χ3n) is 5.00. The van der Waals surface area contributed by atoms with E-state index in [-0.39, 0.29) is 17.7 Å². The Morgan fingerprint density at radius 3 is 2.77 bits per heavy atom. The largest absolute Gasteiger partial charge is 0.480 e. The first-order valence-corrected chi connectivity index (χ1v) is 9.15. The molecule has 0 saturated carbocycles. The molecule has 2 atom stereocenters. The predicted molar refractivity (Wildman–Crippen MR) is 97.9 cm³/mol. The zero-order valence-electron chi connectivity index (χ0n) is 14.7. The quantitative estimate of drug-likeness (QED) is 0.794. The molecule has 26 heavy (non-hydrogen) atoms. The fraction of sp³-hybridized carbons (Fsp3) is 0.450. The van der Waals surface area contributed by atoms with Crippen molar-refractivity contribution in [3.63, 3.8) is 0 Å². The number of anilines is 1. The number of hydrogen-bond acceptors (Lipinski definition) is 3. The van der Waals surface area contributed by atoms with Gasteiger partial charge in [0.1, 0.15) is 6.04 Å². The second kappa shape index (κ2) is 8.17. The molecule has 2 unspecified atom stereocenters. The highest BCUT2D eigenvalue weighted by Crippen LogP contribution is 2.23. The Morgan fingerprint density at radius 2 is 2.04 bits per heavy atom. The molecule has 0 aromatic heterocycles. The van der Waals surface area contributed by atoms with Crippen molar-refractivity contribution in [1.29, 1.82) is 0 Å². The molecule has 1 aromatic carbocycles. The summed E-state index contributed by atoms with van der Waals surface area (Å²) < 4.78 is 0. The molecule has 6 heteroatoms. The number of piperidine rings is 1. The Labute approximate surface area is 152 Å². The first kappa shape index (κ1) is 18.2. The zero-order chi connectivity index (χ0) is 18.5. The number of rotatable bonds is 5. The van der Waals surface area contributed by atoms with Gasteiger partial charge in [-0.25, -0.2) is 4.79 Å². The first-order valence-electron chi connectivity index (χ1n) is 9.15. The molecule has 138 valence electrons. The summed E-state index contributed by atoms with van der Waals surface area (Å²) in [6.07, 6.45) is 8.71. The van der Waals surface area contributed by atoms with Crippen LogP contribution >= 0.6 is 0 Å². The van der Waals surface area contributed by atoms with Gasteiger partial charge in [0.25, 0.3) is 5.91 Å². The van der Waals surface area contributed by atoms with Gasteiger partial charge in [0.2, 0.25) is 5.91 Å². The molecule has 1 saturated heterocycles. The number of nitrogens with zero attached hydrogens (tertiary/aromatic N) is 1. The second-order valence-electron chi connectivity index (χ2n) is 6.95. The van der Waals surface area contributed by atoms with Crippen LogP contribution in [-0.2, 0) is 9.59 Å². The minimum absolute atomic E-state index is 0.0764. The second-order valence-corrected chi connectivity index (χ2v) is 6.95. The molecule has 2 aliphatic rings. The summed E-state index contributed by atoms with van der Waals surface area (Å²) in [6.45, 7) is 0.445. The van der Waals surface area contributed by atoms with Crippen molar-refractivity contribution in [3.05, 3.63) is 42.0 Å². The molecule has 1 aliphatic heterocycles. The molecule has 1 fully saturated rings. The first-order chi connectivity index (χ1) is 12.5. The van der Waals surface area contributed by atoms with Crippen LogP contribution in [0.4, 0.5) is 5.69 Å². The van der Waals surface area contributed by atoms with Crippen LogP contribution in [-0.4, -0.2) is 40.4 Å². The third kappa shape index (κ3) is 4.31. The fourth-order valence-corrected chi connectivity index (χ4v) is 3.64. The van der Waals surface area contributed by atoms with E-state index in [1.807, 2.05) is 0 Å². The van der Waals surface area contributed by atoms with Crippen molar-refractivity contribution >= 4 is 23.5 Å². The summed E-state index contributed by atoms with van der Waals surface area (Å²) in [5.74, 6) is -1.06. The molecule has 2 N–H and O–H groups in total. The average molecular weight is 356 g/mol. The van der Waals surface area contributed by atoms with Crippen LogP contribution in [0.25, 0.3) is 0 Å². The number of nitrogens with one attached hydrogen (secondary N) is 1. The van der Waals surface area contributed by atoms with Crippen molar-refractivity contribution < 1.29 is 19.5 Å². The Morgan fingerprint density at radius 1 is 1.19 bits per heavy atom. The number of allylic oxidation sites excluding steroid dienone is 2. The van der Waals surface area contributed by atoms with Gasteiger partial charge < -0.3 is 15.3 Å². The highest BCUT2D eigenvalue weighted by Gasteiger charge is 2.32. The summed E-state index contributed by atoms with van der Waals surface area (Å²) >= 11 is 0. The predicted octanol–water partition coefficient (Wildman–Crippen LogP) is 3.06. The molecular formula is C20H24N2O4. The molecule has 2 amide bonds. The third-order valence-corrected chi connectivity index (χ3v) is 5.00. The normalized spacial score (nSPS) is 22.2. The van der Waals surface area contributed by atoms with E-state index in [0.29, 0.717) is 30.6 Å². The summed E-state index contributed by atoms with van der Waals surface area (Å²) in [6, 6.07) is 5.95. The molecule has 6 nitrogen and oxygen atoms in total. The van der Waals surface area contributed by atoms with Gasteiger partial charge in [0, 0.05) is 24.2 Å². The van der Waals surface area contributed by atoms with Crippen LogP contribution < -0.4 is 5.32 Å². The number of carboxylic acids is 1. The van der Waals surface area contributed by atoms with Crippen LogP contribution in [0, 0.1) is 5.92 Å². The number of carboxylic acid groups (broad SMARTS) is 1. The smallest absolute Gasteiger partial charge is 0.326 e. The van der Waals surface area contributed by atoms with E-state index in [1.54, 1.807) is 24.3 Å². The van der Waals surface area contributed by atoms with Crippen LogP contribution in [0.2, 0.25) is 0 Å². The topological polar surface area (TPSA) is 86.7 Å². The lowest BCUT2D eigenvalue weighted by molar-refractivity contribution is -0.143. The van der Waals surface area contributed by atoms with Gasteiger partial charge in [-0.1, -0.05) is 18.2 Å². The summed E-state index contributed by atoms with van der Waals surface area (Å²) in [5, 5.41) is 12.2. The van der Waals surface area contributed by atoms with E-state index in [0.717, 1.165) is 25.7 Å². The maximum absolute atomic E-state index is 12.8. The Kier molecular flexibility index (Phi) is 5.71. The molecule has 1 aliphatic carbocycles. The van der Waals surface area contributed by atoms with Crippen LogP contribution in [0.1, 0.15) is 48.9 Å². The maximum atomic E-state index is 12.8. The van der Waals surface area contributed by atoms with Crippen LogP contribution in [0.5, 0.6) is 0 Å². The number of carbonyl (C=O) groups is 3. The minimum atomic E-state index is -0.966. The van der Waals surface area contributed by atoms with Gasteiger partial charge in [-0.05, 0) is 56.2 Å². The van der Waals surface area contributed by atoms with Crippen molar-refractivity contribution in [2.24, 2.45) is 5.92 Å². The molecule has 1 heterocycles. The van der Waals surface area contributed by atoms with E-state index < -0.39 is 12.0 Å². The number of benzene rings is 1. The Bertz CT molecular complexity index is 728. The van der Waals surface area contributed by atoms with E-state index in [4.69, 9.17) is 0 Å². The van der Waals surface area contributed by atoms with Gasteiger partial charge in [-0.2, -0.15) is 0 Å². The lowest BCUT2D eigenvalue weighted by atomic mass is 10.0. The highest BCUT2D eigenvalue weighted by atomic mass is 16.4. The molecule has 0 bridgehead atoms. The van der Waals surface area contributed by atoms with Gasteiger partial charge in [-0.15, -0.1) is 0 Å². The van der Waals surface area contributed by atoms with E-state index in [1.165, 1.54) is 4.90 Å². The zero-order valence-corrected chi connectivity index (χ0v) is 14.7. The van der Waals surface area contributed by atoms with E-state index in [9.17, 15) is 19.5 Å². The molecule has 0 spiro atoms. The standard InChI is InChI=1S/C20H24N2O4/c23-18(12-14-6-1-2-7-14)21-16-9-5-8-15(13-16)19(24)22-11-4-3-10-17(22)20(25)26/h1,5-6,8-9,13-14,17H,2-4,7,10-12H2,(H,21,23)(H,25,26). The molecule has 1 aromatic rings. The Hall–Kier alpha value is -2.63. The summed E-state index contributed by atoms with van der Waals surface area (Å²) in [7, 11) is 0. The summed E-state index contributed by atoms with van der Waals surface area (Å²) in [4.78, 5) is 37.8. The maximum Gasteiger partial charge on any atom is 0.326 e. The minimum Gasteiger partial charge on any atom is -0.480 e. The number of likely N-dealkylation sites (tertiary alicyclic amines) is 1. The highest BCUT2D eigenvalue weighted by molar-refractivity contribution is 5.99. The van der Waals surface area contributed by atoms with Gasteiger partial charge >= 0.3 is 5.97 Å². The monoisotopic (exact) mass is 356 g/mol. The van der Waals surface area contributed by atoms with E-state index >= 15 is 0 Å². The number of carbonyl (C=O) groups excluding carboxylic acids is 2. The molecular weight excluding hydrogens is 332 g/mol. The number of hydrogen-bond donors (Lipinski definition) is 2. The van der Waals surface area contributed by atoms with Gasteiger partial charge in [0.05, 0.1) is 0 Å². The van der Waals surface area contributed by atoms with Gasteiger partial charge in [0.15, 0.2) is 0 Å². The Balaban J connectivity index is 1.67. The fourth-order valence-electron chi connectivity index (χ4n) is 3.64. The van der Waals surface area contributed by atoms with Crippen molar-refractivity contribution in [2.45, 2.75) is 44.6 Å². The molecule has 0 radical (unpaired) electrons. The number of amides is 2. The lowest BCUT2D eigenvalue weighted by Crippen LogP contribution is -2.48. The average Bonchev–Trinajstić information content (AvgIpc) is 3.14. The van der Waals surface area contributed by atoms with Crippen LogP contribution in [0.15, 0.2) is 36.4 Å². The van der Waals surface area contributed by atoms with Crippen molar-refractivity contribution in [1.82, 2.24) is 4.90 Å². The van der Waals surface area contributed by atoms with Crippen LogP contribution in [0.3, 0.4) is 0 Å².